The summed E-state index contributed by atoms with van der Waals surface area (Å²) in [7, 11) is 0. The van der Waals surface area contributed by atoms with Crippen molar-refractivity contribution in [2.45, 2.75) is 13.1 Å². The summed E-state index contributed by atoms with van der Waals surface area (Å²) in [5.74, 6) is 0. The quantitative estimate of drug-likeness (QED) is 0.587. The second kappa shape index (κ2) is 6.05. The monoisotopic (exact) mass is 212 g/mol. The molecule has 0 radical (unpaired) electrons. The van der Waals surface area contributed by atoms with Crippen molar-refractivity contribution in [3.8, 4) is 0 Å². The van der Waals surface area contributed by atoms with Gasteiger partial charge in [0.15, 0.2) is 0 Å². The Morgan fingerprint density at radius 1 is 0.562 bits per heavy atom. The fourth-order valence-electron chi connectivity index (χ4n) is 1.52. The SMILES string of the molecule is c1ccc(CNNCc2ccccc2)cc1. The summed E-state index contributed by atoms with van der Waals surface area (Å²) in [6.07, 6.45) is 0. The van der Waals surface area contributed by atoms with Gasteiger partial charge in [-0.25, -0.2) is 0 Å². The molecule has 0 saturated carbocycles. The summed E-state index contributed by atoms with van der Waals surface area (Å²) in [4.78, 5) is 0. The van der Waals surface area contributed by atoms with Crippen LogP contribution >= 0.6 is 0 Å². The van der Waals surface area contributed by atoms with Crippen molar-refractivity contribution in [3.05, 3.63) is 71.8 Å². The summed E-state index contributed by atoms with van der Waals surface area (Å²) in [5, 5.41) is 0. The number of hydrogen-bond acceptors (Lipinski definition) is 2. The van der Waals surface area contributed by atoms with Gasteiger partial charge in [-0.2, -0.15) is 0 Å². The van der Waals surface area contributed by atoms with Crippen molar-refractivity contribution >= 4 is 0 Å². The Bertz CT molecular complexity index is 356. The summed E-state index contributed by atoms with van der Waals surface area (Å²) in [5.41, 5.74) is 8.96. The van der Waals surface area contributed by atoms with E-state index in [1.54, 1.807) is 0 Å². The Kier molecular flexibility index (Phi) is 4.11. The van der Waals surface area contributed by atoms with E-state index in [1.807, 2.05) is 36.4 Å². The lowest BCUT2D eigenvalue weighted by atomic mass is 10.2. The van der Waals surface area contributed by atoms with Gasteiger partial charge in [0, 0.05) is 13.1 Å². The molecule has 0 unspecified atom stereocenters. The molecule has 2 nitrogen and oxygen atoms in total. The fraction of sp³-hybridized carbons (Fsp3) is 0.143. The average Bonchev–Trinajstić information content (AvgIpc) is 2.37. The van der Waals surface area contributed by atoms with Crippen molar-refractivity contribution in [3.63, 3.8) is 0 Å². The van der Waals surface area contributed by atoms with Crippen LogP contribution in [0.2, 0.25) is 0 Å². The maximum Gasteiger partial charge on any atom is 0.0351 e. The van der Waals surface area contributed by atoms with Gasteiger partial charge in [0.1, 0.15) is 0 Å². The first kappa shape index (κ1) is 10.9. The fourth-order valence-corrected chi connectivity index (χ4v) is 1.52. The molecule has 2 aromatic carbocycles. The zero-order chi connectivity index (χ0) is 11.1. The van der Waals surface area contributed by atoms with Crippen molar-refractivity contribution in [2.24, 2.45) is 0 Å². The first-order valence-electron chi connectivity index (χ1n) is 5.49. The maximum absolute atomic E-state index is 3.20. The standard InChI is InChI=1S/C14H16N2/c1-3-7-13(8-4-1)11-15-16-12-14-9-5-2-6-10-14/h1-10,15-16H,11-12H2. The van der Waals surface area contributed by atoms with Gasteiger partial charge in [0.05, 0.1) is 0 Å². The predicted octanol–water partition coefficient (Wildman–Crippen LogP) is 2.48. The minimum atomic E-state index is 0.841. The van der Waals surface area contributed by atoms with Crippen LogP contribution in [0.5, 0.6) is 0 Å². The zero-order valence-electron chi connectivity index (χ0n) is 9.19. The molecule has 0 saturated heterocycles. The summed E-state index contributed by atoms with van der Waals surface area (Å²) >= 11 is 0. The summed E-state index contributed by atoms with van der Waals surface area (Å²) < 4.78 is 0. The molecule has 0 aliphatic heterocycles. The zero-order valence-corrected chi connectivity index (χ0v) is 9.19. The molecule has 82 valence electrons. The molecule has 0 aliphatic rings. The average molecular weight is 212 g/mol. The number of nitrogens with one attached hydrogen (secondary N) is 2. The third-order valence-corrected chi connectivity index (χ3v) is 2.40. The lowest BCUT2D eigenvalue weighted by Gasteiger charge is -2.06. The second-order valence-corrected chi connectivity index (χ2v) is 3.68. The molecular weight excluding hydrogens is 196 g/mol. The number of rotatable bonds is 5. The highest BCUT2D eigenvalue weighted by Gasteiger charge is 1.91. The highest BCUT2D eigenvalue weighted by Crippen LogP contribution is 1.98. The molecule has 2 aromatic rings. The Morgan fingerprint density at radius 2 is 0.938 bits per heavy atom. The Balaban J connectivity index is 1.70. The van der Waals surface area contributed by atoms with Crippen LogP contribution in [0, 0.1) is 0 Å². The van der Waals surface area contributed by atoms with Gasteiger partial charge in [-0.15, -0.1) is 0 Å². The molecule has 2 N–H and O–H groups in total. The van der Waals surface area contributed by atoms with Gasteiger partial charge < -0.3 is 0 Å². The largest absolute Gasteiger partial charge is 0.253 e. The molecule has 0 spiro atoms. The Labute approximate surface area is 96.3 Å². The van der Waals surface area contributed by atoms with E-state index in [0.717, 1.165) is 13.1 Å². The normalized spacial score (nSPS) is 10.2. The van der Waals surface area contributed by atoms with E-state index >= 15 is 0 Å². The van der Waals surface area contributed by atoms with E-state index in [4.69, 9.17) is 0 Å². The molecule has 0 heterocycles. The van der Waals surface area contributed by atoms with Crippen molar-refractivity contribution in [1.82, 2.24) is 10.9 Å². The lowest BCUT2D eigenvalue weighted by Crippen LogP contribution is -2.30. The van der Waals surface area contributed by atoms with E-state index < -0.39 is 0 Å². The van der Waals surface area contributed by atoms with Crippen molar-refractivity contribution in [1.29, 1.82) is 0 Å². The van der Waals surface area contributed by atoms with E-state index in [1.165, 1.54) is 11.1 Å². The van der Waals surface area contributed by atoms with E-state index in [2.05, 4.69) is 35.1 Å². The van der Waals surface area contributed by atoms with E-state index in [-0.39, 0.29) is 0 Å². The summed E-state index contributed by atoms with van der Waals surface area (Å²) in [6, 6.07) is 20.7. The van der Waals surface area contributed by atoms with Gasteiger partial charge in [-0.1, -0.05) is 60.7 Å². The van der Waals surface area contributed by atoms with Crippen LogP contribution in [0.4, 0.5) is 0 Å². The topological polar surface area (TPSA) is 24.1 Å². The van der Waals surface area contributed by atoms with Crippen LogP contribution < -0.4 is 10.9 Å². The molecule has 0 aromatic heterocycles. The van der Waals surface area contributed by atoms with Crippen LogP contribution in [0.15, 0.2) is 60.7 Å². The molecule has 0 aliphatic carbocycles. The van der Waals surface area contributed by atoms with Crippen molar-refractivity contribution < 1.29 is 0 Å². The highest BCUT2D eigenvalue weighted by molar-refractivity contribution is 5.15. The first-order valence-corrected chi connectivity index (χ1v) is 5.49. The minimum Gasteiger partial charge on any atom is -0.253 e. The molecule has 0 bridgehead atoms. The third kappa shape index (κ3) is 3.50. The van der Waals surface area contributed by atoms with Crippen LogP contribution in [-0.2, 0) is 13.1 Å². The van der Waals surface area contributed by atoms with E-state index in [9.17, 15) is 0 Å². The molecular formula is C14H16N2. The molecule has 16 heavy (non-hydrogen) atoms. The van der Waals surface area contributed by atoms with Crippen LogP contribution in [-0.4, -0.2) is 0 Å². The molecule has 0 fully saturated rings. The molecule has 2 heteroatoms. The first-order chi connectivity index (χ1) is 7.95. The minimum absolute atomic E-state index is 0.841. The second-order valence-electron chi connectivity index (χ2n) is 3.68. The van der Waals surface area contributed by atoms with Gasteiger partial charge in [0.25, 0.3) is 0 Å². The number of hydrogen-bond donors (Lipinski definition) is 2. The van der Waals surface area contributed by atoms with Crippen LogP contribution in [0.25, 0.3) is 0 Å². The van der Waals surface area contributed by atoms with Gasteiger partial charge >= 0.3 is 0 Å². The van der Waals surface area contributed by atoms with Crippen LogP contribution in [0.3, 0.4) is 0 Å². The Morgan fingerprint density at radius 3 is 1.31 bits per heavy atom. The molecule has 0 amide bonds. The maximum atomic E-state index is 3.20. The van der Waals surface area contributed by atoms with Gasteiger partial charge in [0.2, 0.25) is 0 Å². The molecule has 0 atom stereocenters. The summed E-state index contributed by atoms with van der Waals surface area (Å²) in [6.45, 7) is 1.68. The third-order valence-electron chi connectivity index (χ3n) is 2.40. The predicted molar refractivity (Wildman–Crippen MR) is 66.6 cm³/mol. The smallest absolute Gasteiger partial charge is 0.0351 e. The number of benzene rings is 2. The Hall–Kier alpha value is -1.64. The van der Waals surface area contributed by atoms with Crippen molar-refractivity contribution in [2.75, 3.05) is 0 Å². The van der Waals surface area contributed by atoms with Gasteiger partial charge in [-0.05, 0) is 11.1 Å². The molecule has 2 rings (SSSR count). The van der Waals surface area contributed by atoms with E-state index in [0.29, 0.717) is 0 Å². The lowest BCUT2D eigenvalue weighted by molar-refractivity contribution is 0.529. The number of hydrazine groups is 1. The van der Waals surface area contributed by atoms with Crippen LogP contribution in [0.1, 0.15) is 11.1 Å². The highest BCUT2D eigenvalue weighted by atomic mass is 15.3. The van der Waals surface area contributed by atoms with Gasteiger partial charge in [-0.3, -0.25) is 10.9 Å².